The highest BCUT2D eigenvalue weighted by Crippen LogP contribution is 2.33. The fourth-order valence-corrected chi connectivity index (χ4v) is 2.53. The van der Waals surface area contributed by atoms with Crippen LogP contribution in [-0.4, -0.2) is 24.0 Å². The summed E-state index contributed by atoms with van der Waals surface area (Å²) in [5, 5.41) is 0. The van der Waals surface area contributed by atoms with Crippen molar-refractivity contribution in [3.05, 3.63) is 22.6 Å². The lowest BCUT2D eigenvalue weighted by Crippen LogP contribution is -2.25. The Morgan fingerprint density at radius 3 is 2.71 bits per heavy atom. The molecule has 1 aromatic heterocycles. The second kappa shape index (κ2) is 4.82. The molecule has 0 atom stereocenters. The number of hydrogen-bond acceptors (Lipinski definition) is 2. The molecule has 0 bridgehead atoms. The maximum absolute atomic E-state index is 11.6. The van der Waals surface area contributed by atoms with E-state index in [1.165, 1.54) is 6.04 Å². The molecule has 1 aliphatic rings. The minimum absolute atomic E-state index is 0.0984. The fourth-order valence-electron chi connectivity index (χ4n) is 1.78. The standard InChI is InChI=1S/C12H22N2O2Si/c1-17(2,3)9-8-16-10-13-7-6-12(15)14(13)11-4-5-11/h6-7,11H,4-5,8-10H2,1-3H3. The van der Waals surface area contributed by atoms with Gasteiger partial charge in [-0.2, -0.15) is 0 Å². The lowest BCUT2D eigenvalue weighted by Gasteiger charge is -2.16. The first-order chi connectivity index (χ1) is 7.97. The van der Waals surface area contributed by atoms with Gasteiger partial charge in [-0.1, -0.05) is 19.6 Å². The van der Waals surface area contributed by atoms with Gasteiger partial charge in [-0.05, 0) is 18.9 Å². The smallest absolute Gasteiger partial charge is 0.266 e. The zero-order valence-electron chi connectivity index (χ0n) is 11.0. The van der Waals surface area contributed by atoms with Crippen LogP contribution in [0.4, 0.5) is 0 Å². The molecule has 1 saturated carbocycles. The predicted octanol–water partition coefficient (Wildman–Crippen LogP) is 2.30. The van der Waals surface area contributed by atoms with Gasteiger partial charge in [0.05, 0.1) is 6.04 Å². The Morgan fingerprint density at radius 1 is 1.41 bits per heavy atom. The lowest BCUT2D eigenvalue weighted by atomic mass is 10.7. The number of nitrogens with zero attached hydrogens (tertiary/aromatic N) is 2. The van der Waals surface area contributed by atoms with Gasteiger partial charge in [0.1, 0.15) is 6.73 Å². The molecule has 0 unspecified atom stereocenters. The van der Waals surface area contributed by atoms with Gasteiger partial charge < -0.3 is 4.74 Å². The topological polar surface area (TPSA) is 36.2 Å². The van der Waals surface area contributed by atoms with E-state index in [2.05, 4.69) is 19.6 Å². The van der Waals surface area contributed by atoms with Crippen molar-refractivity contribution < 1.29 is 4.74 Å². The molecule has 0 amide bonds. The van der Waals surface area contributed by atoms with Crippen molar-refractivity contribution in [3.63, 3.8) is 0 Å². The molecule has 4 nitrogen and oxygen atoms in total. The molecule has 1 aromatic rings. The Labute approximate surface area is 103 Å². The Morgan fingerprint density at radius 2 is 2.12 bits per heavy atom. The number of aromatic nitrogens is 2. The van der Waals surface area contributed by atoms with E-state index >= 15 is 0 Å². The van der Waals surface area contributed by atoms with Crippen molar-refractivity contribution in [1.29, 1.82) is 0 Å². The van der Waals surface area contributed by atoms with Crippen molar-refractivity contribution >= 4 is 8.07 Å². The molecule has 0 N–H and O–H groups in total. The molecule has 17 heavy (non-hydrogen) atoms. The van der Waals surface area contributed by atoms with Crippen molar-refractivity contribution in [2.45, 2.75) is 51.3 Å². The largest absolute Gasteiger partial charge is 0.360 e. The van der Waals surface area contributed by atoms with Gasteiger partial charge in [-0.3, -0.25) is 9.48 Å². The third kappa shape index (κ3) is 3.57. The summed E-state index contributed by atoms with van der Waals surface area (Å²) in [4.78, 5) is 11.6. The molecule has 0 radical (unpaired) electrons. The highest BCUT2D eigenvalue weighted by atomic mass is 28.3. The van der Waals surface area contributed by atoms with Gasteiger partial charge in [0.2, 0.25) is 0 Å². The molecule has 2 rings (SSSR count). The molecule has 0 aliphatic heterocycles. The molecule has 0 saturated heterocycles. The maximum atomic E-state index is 11.6. The molecular weight excluding hydrogens is 232 g/mol. The van der Waals surface area contributed by atoms with Crippen LogP contribution in [0.15, 0.2) is 17.1 Å². The van der Waals surface area contributed by atoms with Crippen LogP contribution in [0.1, 0.15) is 18.9 Å². The summed E-state index contributed by atoms with van der Waals surface area (Å²) >= 11 is 0. The van der Waals surface area contributed by atoms with Gasteiger partial charge in [0, 0.05) is 26.9 Å². The average Bonchev–Trinajstić information content (AvgIpc) is 2.98. The van der Waals surface area contributed by atoms with Crippen LogP contribution in [0.5, 0.6) is 0 Å². The Kier molecular flexibility index (Phi) is 3.58. The molecule has 1 fully saturated rings. The van der Waals surface area contributed by atoms with E-state index < -0.39 is 8.07 Å². The van der Waals surface area contributed by atoms with E-state index in [0.29, 0.717) is 12.8 Å². The van der Waals surface area contributed by atoms with E-state index in [1.54, 1.807) is 6.07 Å². The Hall–Kier alpha value is -0.813. The molecular formula is C12H22N2O2Si. The minimum atomic E-state index is -1.02. The fraction of sp³-hybridized carbons (Fsp3) is 0.750. The molecule has 0 spiro atoms. The van der Waals surface area contributed by atoms with E-state index in [-0.39, 0.29) is 5.56 Å². The van der Waals surface area contributed by atoms with Crippen molar-refractivity contribution in [3.8, 4) is 0 Å². The van der Waals surface area contributed by atoms with Crippen molar-refractivity contribution in [2.24, 2.45) is 0 Å². The normalized spacial score (nSPS) is 16.4. The number of ether oxygens (including phenoxy) is 1. The van der Waals surface area contributed by atoms with E-state index in [9.17, 15) is 4.79 Å². The van der Waals surface area contributed by atoms with Gasteiger partial charge in [0.15, 0.2) is 0 Å². The van der Waals surface area contributed by atoms with Crippen LogP contribution in [0.25, 0.3) is 0 Å². The first kappa shape index (κ1) is 12.6. The molecule has 96 valence electrons. The number of rotatable bonds is 6. The summed E-state index contributed by atoms with van der Waals surface area (Å²) in [5.74, 6) is 0. The monoisotopic (exact) mass is 254 g/mol. The van der Waals surface area contributed by atoms with Crippen LogP contribution >= 0.6 is 0 Å². The third-order valence-electron chi connectivity index (χ3n) is 3.00. The van der Waals surface area contributed by atoms with Crippen LogP contribution in [0, 0.1) is 0 Å². The highest BCUT2D eigenvalue weighted by molar-refractivity contribution is 6.76. The van der Waals surface area contributed by atoms with Gasteiger partial charge >= 0.3 is 0 Å². The summed E-state index contributed by atoms with van der Waals surface area (Å²) in [7, 11) is -1.02. The second-order valence-corrected chi connectivity index (χ2v) is 11.6. The summed E-state index contributed by atoms with van der Waals surface area (Å²) in [5.41, 5.74) is 0.0984. The van der Waals surface area contributed by atoms with Crippen LogP contribution in [-0.2, 0) is 11.5 Å². The first-order valence-corrected chi connectivity index (χ1v) is 10.0. The Bertz CT molecular complexity index is 426. The van der Waals surface area contributed by atoms with Crippen LogP contribution in [0.2, 0.25) is 25.7 Å². The third-order valence-corrected chi connectivity index (χ3v) is 4.71. The molecule has 5 heteroatoms. The molecule has 1 aliphatic carbocycles. The maximum Gasteiger partial charge on any atom is 0.266 e. The predicted molar refractivity (Wildman–Crippen MR) is 71.1 cm³/mol. The van der Waals surface area contributed by atoms with E-state index in [4.69, 9.17) is 4.74 Å². The SMILES string of the molecule is C[Si](C)(C)CCOCn1ccc(=O)n1C1CC1. The van der Waals surface area contributed by atoms with Gasteiger partial charge in [0.25, 0.3) is 5.56 Å². The summed E-state index contributed by atoms with van der Waals surface area (Å²) in [6.07, 6.45) is 4.08. The van der Waals surface area contributed by atoms with Crippen molar-refractivity contribution in [1.82, 2.24) is 9.36 Å². The summed E-state index contributed by atoms with van der Waals surface area (Å²) in [6.45, 7) is 8.32. The van der Waals surface area contributed by atoms with Gasteiger partial charge in [-0.15, -0.1) is 0 Å². The highest BCUT2D eigenvalue weighted by Gasteiger charge is 2.26. The first-order valence-electron chi connectivity index (χ1n) is 6.33. The quantitative estimate of drug-likeness (QED) is 0.577. The van der Waals surface area contributed by atoms with Crippen LogP contribution in [0.3, 0.4) is 0 Å². The van der Waals surface area contributed by atoms with E-state index in [1.807, 2.05) is 15.6 Å². The zero-order valence-corrected chi connectivity index (χ0v) is 12.0. The Balaban J connectivity index is 1.85. The lowest BCUT2D eigenvalue weighted by molar-refractivity contribution is 0.0677. The number of hydrogen-bond donors (Lipinski definition) is 0. The van der Waals surface area contributed by atoms with Crippen molar-refractivity contribution in [2.75, 3.05) is 6.61 Å². The minimum Gasteiger partial charge on any atom is -0.360 e. The second-order valence-electron chi connectivity index (χ2n) is 6.02. The average molecular weight is 254 g/mol. The van der Waals surface area contributed by atoms with Crippen LogP contribution < -0.4 is 5.56 Å². The summed E-state index contributed by atoms with van der Waals surface area (Å²) in [6, 6.07) is 3.21. The molecule has 1 heterocycles. The summed E-state index contributed by atoms with van der Waals surface area (Å²) < 4.78 is 9.40. The van der Waals surface area contributed by atoms with E-state index in [0.717, 1.165) is 19.4 Å². The zero-order chi connectivity index (χ0) is 12.5. The molecule has 0 aromatic carbocycles. The van der Waals surface area contributed by atoms with Gasteiger partial charge in [-0.25, -0.2) is 4.68 Å².